The number of anilines is 2. The summed E-state index contributed by atoms with van der Waals surface area (Å²) in [4.78, 5) is 14.9. The maximum Gasteiger partial charge on any atom is 0.416 e. The quantitative estimate of drug-likeness (QED) is 0.565. The number of benzene rings is 1. The molecule has 1 amide bonds. The predicted molar refractivity (Wildman–Crippen MR) is 103 cm³/mol. The fourth-order valence-electron chi connectivity index (χ4n) is 2.56. The van der Waals surface area contributed by atoms with E-state index in [0.717, 1.165) is 35.1 Å². The minimum atomic E-state index is -4.43. The molecule has 0 unspecified atom stereocenters. The summed E-state index contributed by atoms with van der Waals surface area (Å²) in [6.45, 7) is 2.90. The predicted octanol–water partition coefficient (Wildman–Crippen LogP) is 3.17. The van der Waals surface area contributed by atoms with Crippen LogP contribution in [0.5, 0.6) is 0 Å². The molecule has 1 fully saturated rings. The average Bonchev–Trinajstić information content (AvgIpc) is 3.16. The van der Waals surface area contributed by atoms with E-state index in [-0.39, 0.29) is 12.2 Å². The number of alkyl halides is 3. The lowest BCUT2D eigenvalue weighted by molar-refractivity contribution is -0.137. The molecular weight excluding hydrogens is 393 g/mol. The summed E-state index contributed by atoms with van der Waals surface area (Å²) in [5.41, 5.74) is 1.79. The number of halogens is 3. The van der Waals surface area contributed by atoms with Gasteiger partial charge in [-0.15, -0.1) is 11.3 Å². The van der Waals surface area contributed by atoms with Crippen molar-refractivity contribution in [3.8, 4) is 0 Å². The molecule has 1 aliphatic heterocycles. The molecule has 1 saturated heterocycles. The van der Waals surface area contributed by atoms with Gasteiger partial charge in [0, 0.05) is 23.7 Å². The molecule has 3 rings (SSSR count). The molecule has 0 atom stereocenters. The lowest BCUT2D eigenvalue weighted by atomic mass is 10.2. The Morgan fingerprint density at radius 3 is 2.79 bits per heavy atom. The molecule has 2 heterocycles. The summed E-state index contributed by atoms with van der Waals surface area (Å²) < 4.78 is 43.4. The monoisotopic (exact) mass is 412 g/mol. The first kappa shape index (κ1) is 20.2. The van der Waals surface area contributed by atoms with Crippen LogP contribution in [-0.4, -0.2) is 45.0 Å². The molecule has 0 saturated carbocycles. The van der Waals surface area contributed by atoms with Crippen LogP contribution in [0.4, 0.5) is 23.9 Å². The number of thiophene rings is 1. The highest BCUT2D eigenvalue weighted by molar-refractivity contribution is 7.17. The van der Waals surface area contributed by atoms with Gasteiger partial charge in [0.05, 0.1) is 36.5 Å². The summed E-state index contributed by atoms with van der Waals surface area (Å²) in [6, 6.07) is 8.58. The Morgan fingerprint density at radius 1 is 1.25 bits per heavy atom. The lowest BCUT2D eigenvalue weighted by Gasteiger charge is -2.27. The van der Waals surface area contributed by atoms with Crippen molar-refractivity contribution < 1.29 is 22.7 Å². The summed E-state index contributed by atoms with van der Waals surface area (Å²) in [5.74, 6) is -0.460. The maximum atomic E-state index is 12.7. The summed E-state index contributed by atoms with van der Waals surface area (Å²) >= 11 is 1.55. The van der Waals surface area contributed by atoms with Crippen molar-refractivity contribution >= 4 is 34.1 Å². The zero-order chi connectivity index (χ0) is 20.0. The molecule has 0 radical (unpaired) electrons. The first-order valence-electron chi connectivity index (χ1n) is 8.57. The van der Waals surface area contributed by atoms with Crippen LogP contribution < -0.4 is 15.6 Å². The van der Waals surface area contributed by atoms with Crippen molar-refractivity contribution in [2.24, 2.45) is 5.10 Å². The minimum Gasteiger partial charge on any atom is -0.378 e. The summed E-state index contributed by atoms with van der Waals surface area (Å²) in [6.07, 6.45) is -2.89. The molecule has 28 heavy (non-hydrogen) atoms. The number of carbonyl (C=O) groups is 1. The Hall–Kier alpha value is -2.59. The van der Waals surface area contributed by atoms with E-state index in [2.05, 4.69) is 20.7 Å². The third-order valence-corrected chi connectivity index (χ3v) is 5.04. The normalized spacial score (nSPS) is 15.0. The third-order valence-electron chi connectivity index (χ3n) is 3.96. The topological polar surface area (TPSA) is 66.0 Å². The van der Waals surface area contributed by atoms with Crippen LogP contribution in [0.25, 0.3) is 0 Å². The molecule has 10 heteroatoms. The molecule has 6 nitrogen and oxygen atoms in total. The van der Waals surface area contributed by atoms with Gasteiger partial charge in [0.15, 0.2) is 0 Å². The maximum absolute atomic E-state index is 12.7. The smallest absolute Gasteiger partial charge is 0.378 e. The van der Waals surface area contributed by atoms with Gasteiger partial charge in [-0.2, -0.15) is 18.3 Å². The van der Waals surface area contributed by atoms with Crippen molar-refractivity contribution in [3.63, 3.8) is 0 Å². The Balaban J connectivity index is 1.46. The van der Waals surface area contributed by atoms with E-state index in [1.54, 1.807) is 11.3 Å². The zero-order valence-corrected chi connectivity index (χ0v) is 15.6. The highest BCUT2D eigenvalue weighted by Crippen LogP contribution is 2.30. The van der Waals surface area contributed by atoms with Crippen LogP contribution in [0.15, 0.2) is 41.5 Å². The first-order chi connectivity index (χ1) is 13.4. The van der Waals surface area contributed by atoms with Gasteiger partial charge in [-0.3, -0.25) is 4.79 Å². The standard InChI is InChI=1S/C18H19F3N4O2S/c19-18(20,21)13-2-1-3-14(10-13)22-12-16(26)24-23-11-15-4-5-17(28-15)25-6-8-27-9-7-25/h1-5,10-11,22H,6-9,12H2,(H,24,26)/b23-11+. The molecule has 1 aromatic heterocycles. The second-order valence-electron chi connectivity index (χ2n) is 6.00. The number of ether oxygens (including phenoxy) is 1. The van der Waals surface area contributed by atoms with Crippen molar-refractivity contribution in [2.75, 3.05) is 43.1 Å². The van der Waals surface area contributed by atoms with Crippen molar-refractivity contribution in [3.05, 3.63) is 46.8 Å². The second kappa shape index (κ2) is 9.07. The van der Waals surface area contributed by atoms with Crippen LogP contribution in [-0.2, 0) is 15.7 Å². The van der Waals surface area contributed by atoms with Crippen LogP contribution in [0.1, 0.15) is 10.4 Å². The fourth-order valence-corrected chi connectivity index (χ4v) is 3.49. The van der Waals surface area contributed by atoms with Crippen LogP contribution >= 0.6 is 11.3 Å². The van der Waals surface area contributed by atoms with Crippen molar-refractivity contribution in [2.45, 2.75) is 6.18 Å². The molecule has 2 aromatic rings. The highest BCUT2D eigenvalue weighted by atomic mass is 32.1. The largest absolute Gasteiger partial charge is 0.416 e. The number of hydrogen-bond acceptors (Lipinski definition) is 6. The molecule has 0 bridgehead atoms. The van der Waals surface area contributed by atoms with Gasteiger partial charge in [-0.25, -0.2) is 5.43 Å². The van der Waals surface area contributed by atoms with Gasteiger partial charge >= 0.3 is 6.18 Å². The number of morpholine rings is 1. The fraction of sp³-hybridized carbons (Fsp3) is 0.333. The Bertz CT molecular complexity index is 832. The van der Waals surface area contributed by atoms with Crippen molar-refractivity contribution in [1.29, 1.82) is 0 Å². The van der Waals surface area contributed by atoms with Gasteiger partial charge in [0.25, 0.3) is 5.91 Å². The summed E-state index contributed by atoms with van der Waals surface area (Å²) in [5, 5.41) is 7.66. The van der Waals surface area contributed by atoms with Crippen molar-refractivity contribution in [1.82, 2.24) is 5.43 Å². The zero-order valence-electron chi connectivity index (χ0n) is 14.8. The second-order valence-corrected chi connectivity index (χ2v) is 7.09. The molecule has 0 aliphatic carbocycles. The van der Waals surface area contributed by atoms with E-state index in [9.17, 15) is 18.0 Å². The molecule has 2 N–H and O–H groups in total. The molecule has 1 aromatic carbocycles. The van der Waals surface area contributed by atoms with Gasteiger partial charge in [0.1, 0.15) is 0 Å². The number of carbonyl (C=O) groups excluding carboxylic acids is 1. The Labute approximate surface area is 164 Å². The van der Waals surface area contributed by atoms with E-state index in [1.807, 2.05) is 12.1 Å². The number of amides is 1. The van der Waals surface area contributed by atoms with E-state index < -0.39 is 17.6 Å². The highest BCUT2D eigenvalue weighted by Gasteiger charge is 2.30. The van der Waals surface area contributed by atoms with Gasteiger partial charge < -0.3 is 15.0 Å². The lowest BCUT2D eigenvalue weighted by Crippen LogP contribution is -2.35. The van der Waals surface area contributed by atoms with Crippen LogP contribution in [0.2, 0.25) is 0 Å². The first-order valence-corrected chi connectivity index (χ1v) is 9.39. The number of hydrazone groups is 1. The van der Waals surface area contributed by atoms with E-state index in [1.165, 1.54) is 18.3 Å². The van der Waals surface area contributed by atoms with E-state index >= 15 is 0 Å². The molecule has 1 aliphatic rings. The number of nitrogens with one attached hydrogen (secondary N) is 2. The Kier molecular flexibility index (Phi) is 6.53. The SMILES string of the molecule is O=C(CNc1cccc(C(F)(F)F)c1)N/N=C/c1ccc(N2CCOCC2)s1. The van der Waals surface area contributed by atoms with Crippen LogP contribution in [0.3, 0.4) is 0 Å². The van der Waals surface area contributed by atoms with Crippen LogP contribution in [0, 0.1) is 0 Å². The van der Waals surface area contributed by atoms with Gasteiger partial charge in [-0.1, -0.05) is 6.07 Å². The molecule has 150 valence electrons. The van der Waals surface area contributed by atoms with E-state index in [4.69, 9.17) is 4.74 Å². The number of nitrogens with zero attached hydrogens (tertiary/aromatic N) is 2. The van der Waals surface area contributed by atoms with E-state index in [0.29, 0.717) is 13.2 Å². The third kappa shape index (κ3) is 5.70. The Morgan fingerprint density at radius 2 is 2.04 bits per heavy atom. The average molecular weight is 412 g/mol. The number of rotatable bonds is 6. The molecular formula is C18H19F3N4O2S. The van der Waals surface area contributed by atoms with Gasteiger partial charge in [0.2, 0.25) is 0 Å². The van der Waals surface area contributed by atoms with Gasteiger partial charge in [-0.05, 0) is 30.3 Å². The number of hydrogen-bond donors (Lipinski definition) is 2. The minimum absolute atomic E-state index is 0.192. The molecule has 0 spiro atoms. The summed E-state index contributed by atoms with van der Waals surface area (Å²) in [7, 11) is 0.